The first-order valence-corrected chi connectivity index (χ1v) is 6.83. The fourth-order valence-electron chi connectivity index (χ4n) is 1.88. The highest BCUT2D eigenvalue weighted by molar-refractivity contribution is 5.58. The van der Waals surface area contributed by atoms with E-state index in [0.717, 1.165) is 12.2 Å². The maximum Gasteiger partial charge on any atom is 0.270 e. The zero-order valence-electron chi connectivity index (χ0n) is 12.1. The first kappa shape index (κ1) is 15.1. The second-order valence-electron chi connectivity index (χ2n) is 5.20. The molecule has 0 bridgehead atoms. The minimum absolute atomic E-state index is 0.0411. The van der Waals surface area contributed by atoms with Gasteiger partial charge in [-0.1, -0.05) is 26.0 Å². The molecule has 1 aromatic carbocycles. The Morgan fingerprint density at radius 3 is 2.86 bits per heavy atom. The van der Waals surface area contributed by atoms with Crippen LogP contribution in [0.5, 0.6) is 0 Å². The molecule has 0 radical (unpaired) electrons. The normalized spacial score (nSPS) is 10.8. The summed E-state index contributed by atoms with van der Waals surface area (Å²) in [6.45, 7) is 5.85. The van der Waals surface area contributed by atoms with E-state index in [1.165, 1.54) is 12.1 Å². The Balaban J connectivity index is 2.17. The molecule has 2 aromatic rings. The van der Waals surface area contributed by atoms with Crippen molar-refractivity contribution < 1.29 is 4.92 Å². The summed E-state index contributed by atoms with van der Waals surface area (Å²) in [5, 5.41) is 14.1. The zero-order valence-corrected chi connectivity index (χ0v) is 12.1. The molecule has 0 spiro atoms. The lowest BCUT2D eigenvalue weighted by atomic mass is 10.2. The number of non-ortho nitro benzene ring substituents is 1. The fraction of sp³-hybridized carbons (Fsp3) is 0.333. The molecule has 110 valence electrons. The standard InChI is InChI=1S/C15H18N4O2/c1-11(2)9-16-10-13-6-7-17-15(18-13)12-4-3-5-14(8-12)19(20)21/h3-8,11,16H,9-10H2,1-2H3. The summed E-state index contributed by atoms with van der Waals surface area (Å²) in [4.78, 5) is 19.0. The molecule has 0 atom stereocenters. The summed E-state index contributed by atoms with van der Waals surface area (Å²) in [7, 11) is 0. The van der Waals surface area contributed by atoms with Crippen LogP contribution in [-0.4, -0.2) is 21.4 Å². The number of aromatic nitrogens is 2. The van der Waals surface area contributed by atoms with Crippen molar-refractivity contribution in [2.45, 2.75) is 20.4 Å². The number of nitro benzene ring substituents is 1. The third-order valence-electron chi connectivity index (χ3n) is 2.89. The Kier molecular flexibility index (Phi) is 4.94. The van der Waals surface area contributed by atoms with Crippen LogP contribution >= 0.6 is 0 Å². The van der Waals surface area contributed by atoms with E-state index in [1.807, 2.05) is 6.07 Å². The molecule has 0 fully saturated rings. The third kappa shape index (κ3) is 4.32. The summed E-state index contributed by atoms with van der Waals surface area (Å²) < 4.78 is 0. The van der Waals surface area contributed by atoms with E-state index in [2.05, 4.69) is 29.1 Å². The van der Waals surface area contributed by atoms with Gasteiger partial charge in [-0.3, -0.25) is 10.1 Å². The fourth-order valence-corrected chi connectivity index (χ4v) is 1.88. The van der Waals surface area contributed by atoms with Crippen LogP contribution in [0.1, 0.15) is 19.5 Å². The number of nitrogens with zero attached hydrogens (tertiary/aromatic N) is 3. The molecule has 6 nitrogen and oxygen atoms in total. The second kappa shape index (κ2) is 6.90. The lowest BCUT2D eigenvalue weighted by molar-refractivity contribution is -0.384. The average Bonchev–Trinajstić information content (AvgIpc) is 2.47. The summed E-state index contributed by atoms with van der Waals surface area (Å²) >= 11 is 0. The minimum Gasteiger partial charge on any atom is -0.311 e. The maximum absolute atomic E-state index is 10.8. The van der Waals surface area contributed by atoms with Gasteiger partial charge < -0.3 is 5.32 Å². The lowest BCUT2D eigenvalue weighted by Gasteiger charge is -2.07. The van der Waals surface area contributed by atoms with Crippen molar-refractivity contribution in [1.82, 2.24) is 15.3 Å². The average molecular weight is 286 g/mol. The van der Waals surface area contributed by atoms with Crippen molar-refractivity contribution >= 4 is 5.69 Å². The van der Waals surface area contributed by atoms with E-state index in [1.54, 1.807) is 18.3 Å². The predicted octanol–water partition coefficient (Wildman–Crippen LogP) is 2.80. The van der Waals surface area contributed by atoms with E-state index in [-0.39, 0.29) is 5.69 Å². The Labute approximate surface area is 123 Å². The van der Waals surface area contributed by atoms with E-state index < -0.39 is 4.92 Å². The molecule has 0 amide bonds. The minimum atomic E-state index is -0.419. The maximum atomic E-state index is 10.8. The number of nitrogens with one attached hydrogen (secondary N) is 1. The second-order valence-corrected chi connectivity index (χ2v) is 5.20. The summed E-state index contributed by atoms with van der Waals surface area (Å²) in [6, 6.07) is 8.19. The number of hydrogen-bond acceptors (Lipinski definition) is 5. The largest absolute Gasteiger partial charge is 0.311 e. The van der Waals surface area contributed by atoms with E-state index in [9.17, 15) is 10.1 Å². The van der Waals surface area contributed by atoms with Gasteiger partial charge in [0, 0.05) is 30.4 Å². The predicted molar refractivity (Wildman–Crippen MR) is 80.7 cm³/mol. The van der Waals surface area contributed by atoms with Gasteiger partial charge in [0.05, 0.1) is 10.6 Å². The number of benzene rings is 1. The van der Waals surface area contributed by atoms with E-state index in [0.29, 0.717) is 23.9 Å². The van der Waals surface area contributed by atoms with Crippen LogP contribution in [0.25, 0.3) is 11.4 Å². The van der Waals surface area contributed by atoms with Crippen molar-refractivity contribution in [2.75, 3.05) is 6.54 Å². The van der Waals surface area contributed by atoms with Crippen LogP contribution in [0.2, 0.25) is 0 Å². The van der Waals surface area contributed by atoms with Crippen LogP contribution in [0.4, 0.5) is 5.69 Å². The molecule has 0 aliphatic heterocycles. The molecule has 0 saturated heterocycles. The van der Waals surface area contributed by atoms with Crippen molar-refractivity contribution in [3.05, 3.63) is 52.3 Å². The molecular weight excluding hydrogens is 268 g/mol. The molecule has 1 N–H and O–H groups in total. The Morgan fingerprint density at radius 2 is 2.14 bits per heavy atom. The Morgan fingerprint density at radius 1 is 1.33 bits per heavy atom. The van der Waals surface area contributed by atoms with Crippen LogP contribution in [0, 0.1) is 16.0 Å². The van der Waals surface area contributed by atoms with Gasteiger partial charge in [-0.15, -0.1) is 0 Å². The quantitative estimate of drug-likeness (QED) is 0.652. The van der Waals surface area contributed by atoms with Crippen molar-refractivity contribution in [2.24, 2.45) is 5.92 Å². The van der Waals surface area contributed by atoms with Gasteiger partial charge in [-0.05, 0) is 18.5 Å². The molecule has 1 aromatic heterocycles. The van der Waals surface area contributed by atoms with Crippen LogP contribution in [-0.2, 0) is 6.54 Å². The third-order valence-corrected chi connectivity index (χ3v) is 2.89. The molecule has 0 aliphatic rings. The number of hydrogen-bond donors (Lipinski definition) is 1. The molecular formula is C15H18N4O2. The molecule has 6 heteroatoms. The highest BCUT2D eigenvalue weighted by Gasteiger charge is 2.09. The molecule has 0 unspecified atom stereocenters. The molecule has 1 heterocycles. The van der Waals surface area contributed by atoms with Crippen molar-refractivity contribution in [1.29, 1.82) is 0 Å². The topological polar surface area (TPSA) is 81.0 Å². The zero-order chi connectivity index (χ0) is 15.2. The highest BCUT2D eigenvalue weighted by atomic mass is 16.6. The van der Waals surface area contributed by atoms with Crippen molar-refractivity contribution in [3.8, 4) is 11.4 Å². The first-order chi connectivity index (χ1) is 10.1. The van der Waals surface area contributed by atoms with Gasteiger partial charge in [-0.2, -0.15) is 0 Å². The van der Waals surface area contributed by atoms with E-state index >= 15 is 0 Å². The van der Waals surface area contributed by atoms with Gasteiger partial charge >= 0.3 is 0 Å². The number of rotatable bonds is 6. The SMILES string of the molecule is CC(C)CNCc1ccnc(-c2cccc([N+](=O)[O-])c2)n1. The molecule has 0 aliphatic carbocycles. The molecule has 0 saturated carbocycles. The van der Waals surface area contributed by atoms with Crippen LogP contribution in [0.3, 0.4) is 0 Å². The van der Waals surface area contributed by atoms with Crippen LogP contribution in [0.15, 0.2) is 36.5 Å². The van der Waals surface area contributed by atoms with Gasteiger partial charge in [0.1, 0.15) is 0 Å². The number of nitro groups is 1. The Bertz CT molecular complexity index is 629. The molecule has 21 heavy (non-hydrogen) atoms. The van der Waals surface area contributed by atoms with Crippen LogP contribution < -0.4 is 5.32 Å². The smallest absolute Gasteiger partial charge is 0.270 e. The van der Waals surface area contributed by atoms with Gasteiger partial charge in [0.2, 0.25) is 0 Å². The van der Waals surface area contributed by atoms with Gasteiger partial charge in [0.25, 0.3) is 5.69 Å². The summed E-state index contributed by atoms with van der Waals surface area (Å²) in [5.74, 6) is 1.07. The summed E-state index contributed by atoms with van der Waals surface area (Å²) in [6.07, 6.45) is 1.67. The monoisotopic (exact) mass is 286 g/mol. The van der Waals surface area contributed by atoms with Crippen molar-refractivity contribution in [3.63, 3.8) is 0 Å². The summed E-state index contributed by atoms with van der Waals surface area (Å²) in [5.41, 5.74) is 1.56. The van der Waals surface area contributed by atoms with Gasteiger partial charge in [-0.25, -0.2) is 9.97 Å². The lowest BCUT2D eigenvalue weighted by Crippen LogP contribution is -2.19. The van der Waals surface area contributed by atoms with E-state index in [4.69, 9.17) is 0 Å². The molecule has 2 rings (SSSR count). The first-order valence-electron chi connectivity index (χ1n) is 6.83. The highest BCUT2D eigenvalue weighted by Crippen LogP contribution is 2.20. The van der Waals surface area contributed by atoms with Gasteiger partial charge in [0.15, 0.2) is 5.82 Å². The Hall–Kier alpha value is -2.34.